The molecule has 0 radical (unpaired) electrons. The van der Waals surface area contributed by atoms with Gasteiger partial charge in [-0.05, 0) is 66.8 Å². The van der Waals surface area contributed by atoms with E-state index >= 15 is 0 Å². The van der Waals surface area contributed by atoms with Gasteiger partial charge in [0.25, 0.3) is 5.56 Å². The van der Waals surface area contributed by atoms with Gasteiger partial charge in [0.1, 0.15) is 4.70 Å². The number of anilines is 1. The van der Waals surface area contributed by atoms with E-state index in [0.717, 1.165) is 16.8 Å². The number of carbonyl (C=O) groups is 1. The van der Waals surface area contributed by atoms with Crippen LogP contribution in [0.1, 0.15) is 11.1 Å². The minimum absolute atomic E-state index is 0.112. The van der Waals surface area contributed by atoms with Crippen LogP contribution in [-0.4, -0.2) is 28.3 Å². The van der Waals surface area contributed by atoms with Crippen LogP contribution in [-0.2, 0) is 4.79 Å². The molecule has 0 saturated heterocycles. The fraction of sp³-hybridized carbons (Fsp3) is 0.174. The standard InChI is InChI=1S/C23H20ClN3O2S2/c1-14-7-8-18(11-15(14)2)27-22(29)21-19(9-10-30-21)25-23(27)31-13-20(28)26(3)17-6-4-5-16(24)12-17/h4-12H,13H2,1-3H3. The van der Waals surface area contributed by atoms with Gasteiger partial charge < -0.3 is 4.90 Å². The second-order valence-corrected chi connectivity index (χ2v) is 9.45. The number of aromatic nitrogens is 2. The number of nitrogens with zero attached hydrogens (tertiary/aromatic N) is 3. The molecule has 158 valence electrons. The Balaban J connectivity index is 1.69. The first-order chi connectivity index (χ1) is 14.8. The Kier molecular flexibility index (Phi) is 6.18. The molecule has 0 saturated carbocycles. The van der Waals surface area contributed by atoms with Crippen molar-refractivity contribution >= 4 is 56.5 Å². The fourth-order valence-electron chi connectivity index (χ4n) is 3.13. The number of benzene rings is 2. The van der Waals surface area contributed by atoms with Gasteiger partial charge >= 0.3 is 0 Å². The van der Waals surface area contributed by atoms with Crippen molar-refractivity contribution in [3.63, 3.8) is 0 Å². The minimum atomic E-state index is -0.124. The molecule has 8 heteroatoms. The summed E-state index contributed by atoms with van der Waals surface area (Å²) in [5, 5.41) is 2.92. The van der Waals surface area contributed by atoms with Crippen molar-refractivity contribution in [2.75, 3.05) is 17.7 Å². The Hall–Kier alpha value is -2.61. The number of amides is 1. The van der Waals surface area contributed by atoms with Gasteiger partial charge in [0.15, 0.2) is 5.16 Å². The topological polar surface area (TPSA) is 55.2 Å². The summed E-state index contributed by atoms with van der Waals surface area (Å²) in [6.07, 6.45) is 0. The van der Waals surface area contributed by atoms with Crippen molar-refractivity contribution in [2.24, 2.45) is 0 Å². The van der Waals surface area contributed by atoms with Crippen LogP contribution in [0.5, 0.6) is 0 Å². The van der Waals surface area contributed by atoms with Crippen molar-refractivity contribution < 1.29 is 4.79 Å². The SMILES string of the molecule is Cc1ccc(-n2c(SCC(=O)N(C)c3cccc(Cl)c3)nc3ccsc3c2=O)cc1C. The number of halogens is 1. The van der Waals surface area contributed by atoms with Gasteiger partial charge in [0, 0.05) is 17.8 Å². The highest BCUT2D eigenvalue weighted by Gasteiger charge is 2.18. The average molecular weight is 470 g/mol. The highest BCUT2D eigenvalue weighted by atomic mass is 35.5. The molecule has 0 aliphatic rings. The molecule has 1 amide bonds. The molecule has 2 aromatic carbocycles. The molecule has 0 fully saturated rings. The number of rotatable bonds is 5. The quantitative estimate of drug-likeness (QED) is 0.287. The Morgan fingerprint density at radius 1 is 1.16 bits per heavy atom. The molecule has 0 bridgehead atoms. The largest absolute Gasteiger partial charge is 0.315 e. The lowest BCUT2D eigenvalue weighted by Crippen LogP contribution is -2.28. The van der Waals surface area contributed by atoms with Crippen LogP contribution in [0.4, 0.5) is 5.69 Å². The van der Waals surface area contributed by atoms with Crippen molar-refractivity contribution in [1.29, 1.82) is 0 Å². The summed E-state index contributed by atoms with van der Waals surface area (Å²) in [5.74, 6) is 0.0224. The summed E-state index contributed by atoms with van der Waals surface area (Å²) in [5.41, 5.74) is 4.22. The Morgan fingerprint density at radius 3 is 2.71 bits per heavy atom. The lowest BCUT2D eigenvalue weighted by Gasteiger charge is -2.18. The molecule has 0 unspecified atom stereocenters. The first-order valence-electron chi connectivity index (χ1n) is 9.58. The minimum Gasteiger partial charge on any atom is -0.315 e. The predicted octanol–water partition coefficient (Wildman–Crippen LogP) is 5.47. The van der Waals surface area contributed by atoms with E-state index in [1.807, 2.05) is 49.6 Å². The molecule has 2 heterocycles. The van der Waals surface area contributed by atoms with Gasteiger partial charge in [-0.2, -0.15) is 0 Å². The van der Waals surface area contributed by atoms with Crippen LogP contribution in [0, 0.1) is 13.8 Å². The van der Waals surface area contributed by atoms with E-state index in [1.54, 1.807) is 34.7 Å². The van der Waals surface area contributed by atoms with E-state index in [4.69, 9.17) is 11.6 Å². The zero-order valence-corrected chi connectivity index (χ0v) is 19.6. The summed E-state index contributed by atoms with van der Waals surface area (Å²) in [7, 11) is 1.71. The number of aryl methyl sites for hydroxylation is 2. The van der Waals surface area contributed by atoms with E-state index in [2.05, 4.69) is 4.98 Å². The van der Waals surface area contributed by atoms with E-state index in [1.165, 1.54) is 23.1 Å². The third kappa shape index (κ3) is 4.39. The molecule has 0 spiro atoms. The van der Waals surface area contributed by atoms with Gasteiger partial charge in [0.05, 0.1) is 17.0 Å². The third-order valence-corrected chi connectivity index (χ3v) is 7.14. The summed E-state index contributed by atoms with van der Waals surface area (Å²) in [4.78, 5) is 32.3. The van der Waals surface area contributed by atoms with Gasteiger partial charge in [-0.15, -0.1) is 11.3 Å². The lowest BCUT2D eigenvalue weighted by atomic mass is 10.1. The molecule has 0 aliphatic heterocycles. The Morgan fingerprint density at radius 2 is 1.97 bits per heavy atom. The van der Waals surface area contributed by atoms with Crippen molar-refractivity contribution in [2.45, 2.75) is 19.0 Å². The predicted molar refractivity (Wildman–Crippen MR) is 130 cm³/mol. The van der Waals surface area contributed by atoms with E-state index < -0.39 is 0 Å². The Labute approximate surface area is 193 Å². The smallest absolute Gasteiger partial charge is 0.276 e. The molecule has 31 heavy (non-hydrogen) atoms. The number of fused-ring (bicyclic) bond motifs is 1. The number of hydrogen-bond donors (Lipinski definition) is 0. The van der Waals surface area contributed by atoms with Crippen LogP contribution in [0.25, 0.3) is 15.9 Å². The monoisotopic (exact) mass is 469 g/mol. The molecule has 4 rings (SSSR count). The van der Waals surface area contributed by atoms with E-state index in [-0.39, 0.29) is 17.2 Å². The Bertz CT molecular complexity index is 1350. The normalized spacial score (nSPS) is 11.1. The van der Waals surface area contributed by atoms with Gasteiger partial charge in [-0.1, -0.05) is 35.5 Å². The summed E-state index contributed by atoms with van der Waals surface area (Å²) < 4.78 is 2.20. The summed E-state index contributed by atoms with van der Waals surface area (Å²) in [6.45, 7) is 4.04. The summed E-state index contributed by atoms with van der Waals surface area (Å²) >= 11 is 8.68. The second-order valence-electron chi connectivity index (χ2n) is 7.16. The first-order valence-corrected chi connectivity index (χ1v) is 11.8. The van der Waals surface area contributed by atoms with E-state index in [0.29, 0.717) is 26.1 Å². The van der Waals surface area contributed by atoms with Crippen LogP contribution >= 0.6 is 34.7 Å². The van der Waals surface area contributed by atoms with Gasteiger partial charge in [-0.25, -0.2) is 4.98 Å². The molecule has 2 aromatic heterocycles. The molecular formula is C23H20ClN3O2S2. The molecule has 0 aliphatic carbocycles. The molecule has 5 nitrogen and oxygen atoms in total. The molecular weight excluding hydrogens is 450 g/mol. The third-order valence-electron chi connectivity index (χ3n) is 5.09. The fourth-order valence-corrected chi connectivity index (χ4v) is 5.00. The zero-order chi connectivity index (χ0) is 22.1. The zero-order valence-electron chi connectivity index (χ0n) is 17.3. The molecule has 0 N–H and O–H groups in total. The average Bonchev–Trinajstić information content (AvgIpc) is 3.22. The summed E-state index contributed by atoms with van der Waals surface area (Å²) in [6, 6.07) is 14.8. The van der Waals surface area contributed by atoms with Crippen molar-refractivity contribution in [3.8, 4) is 5.69 Å². The van der Waals surface area contributed by atoms with Crippen LogP contribution in [0.3, 0.4) is 0 Å². The number of thiophene rings is 1. The van der Waals surface area contributed by atoms with Gasteiger partial charge in [-0.3, -0.25) is 14.2 Å². The van der Waals surface area contributed by atoms with Gasteiger partial charge in [0.2, 0.25) is 5.91 Å². The van der Waals surface area contributed by atoms with Crippen LogP contribution < -0.4 is 10.5 Å². The maximum atomic E-state index is 13.3. The second kappa shape index (κ2) is 8.86. The lowest BCUT2D eigenvalue weighted by molar-refractivity contribution is -0.115. The van der Waals surface area contributed by atoms with Crippen molar-refractivity contribution in [3.05, 3.63) is 80.4 Å². The maximum absolute atomic E-state index is 13.3. The molecule has 4 aromatic rings. The molecule has 0 atom stereocenters. The van der Waals surface area contributed by atoms with E-state index in [9.17, 15) is 9.59 Å². The number of thioether (sulfide) groups is 1. The first kappa shape index (κ1) is 21.6. The highest BCUT2D eigenvalue weighted by molar-refractivity contribution is 7.99. The number of carbonyl (C=O) groups excluding carboxylic acids is 1. The number of hydrogen-bond acceptors (Lipinski definition) is 5. The maximum Gasteiger partial charge on any atom is 0.276 e. The van der Waals surface area contributed by atoms with Crippen molar-refractivity contribution in [1.82, 2.24) is 9.55 Å². The van der Waals surface area contributed by atoms with Crippen LogP contribution in [0.2, 0.25) is 5.02 Å². The highest BCUT2D eigenvalue weighted by Crippen LogP contribution is 2.26. The van der Waals surface area contributed by atoms with Crippen LogP contribution in [0.15, 0.2) is 63.9 Å².